The van der Waals surface area contributed by atoms with Crippen molar-refractivity contribution in [3.63, 3.8) is 0 Å². The first-order valence-corrected chi connectivity index (χ1v) is 8.71. The van der Waals surface area contributed by atoms with Crippen LogP contribution < -0.4 is 5.69 Å². The van der Waals surface area contributed by atoms with Crippen molar-refractivity contribution >= 4 is 28.4 Å². The van der Waals surface area contributed by atoms with Crippen LogP contribution in [-0.2, 0) is 18.4 Å². The molecule has 1 aliphatic heterocycles. The van der Waals surface area contributed by atoms with Gasteiger partial charge in [0.2, 0.25) is 5.91 Å². The summed E-state index contributed by atoms with van der Waals surface area (Å²) in [6.45, 7) is 1.99. The number of imidazole rings is 1. The Hall–Kier alpha value is -2.55. The molecule has 0 aromatic carbocycles. The monoisotopic (exact) mass is 361 g/mol. The number of pyridine rings is 1. The number of nitrogens with zero attached hydrogens (tertiary/aromatic N) is 5. The van der Waals surface area contributed by atoms with E-state index in [1.807, 2.05) is 18.4 Å². The van der Waals surface area contributed by atoms with Crippen molar-refractivity contribution in [2.75, 3.05) is 13.1 Å². The summed E-state index contributed by atoms with van der Waals surface area (Å²) in [6.07, 6.45) is 0.713. The molecule has 4 heterocycles. The highest BCUT2D eigenvalue weighted by atomic mass is 32.1. The highest BCUT2D eigenvalue weighted by Crippen LogP contribution is 2.25. The SMILES string of the molecule is Cc1csc(-c2cnc3c(c2)n(CC(=O)N2CC(F)C2)c(=O)n3C)n1. The summed E-state index contributed by atoms with van der Waals surface area (Å²) in [7, 11) is 1.62. The van der Waals surface area contributed by atoms with Gasteiger partial charge in [0.25, 0.3) is 0 Å². The topological polar surface area (TPSA) is 73.0 Å². The first-order chi connectivity index (χ1) is 11.9. The maximum Gasteiger partial charge on any atom is 0.330 e. The lowest BCUT2D eigenvalue weighted by Gasteiger charge is -2.34. The number of carbonyl (C=O) groups is 1. The van der Waals surface area contributed by atoms with Gasteiger partial charge in [0, 0.05) is 29.9 Å². The van der Waals surface area contributed by atoms with E-state index >= 15 is 0 Å². The summed E-state index contributed by atoms with van der Waals surface area (Å²) in [5.74, 6) is -0.265. The van der Waals surface area contributed by atoms with Crippen molar-refractivity contribution in [3.8, 4) is 10.6 Å². The molecule has 7 nitrogen and oxygen atoms in total. The van der Waals surface area contributed by atoms with Gasteiger partial charge in [0.05, 0.1) is 18.6 Å². The fraction of sp³-hybridized carbons (Fsp3) is 0.375. The van der Waals surface area contributed by atoms with Crippen LogP contribution in [0.4, 0.5) is 4.39 Å². The Morgan fingerprint density at radius 2 is 2.20 bits per heavy atom. The molecule has 3 aromatic rings. The minimum atomic E-state index is -0.963. The maximum absolute atomic E-state index is 13.0. The van der Waals surface area contributed by atoms with E-state index in [0.717, 1.165) is 16.3 Å². The Labute approximate surface area is 146 Å². The molecule has 1 amide bonds. The van der Waals surface area contributed by atoms with Crippen LogP contribution in [0.25, 0.3) is 21.7 Å². The number of likely N-dealkylation sites (tertiary alicyclic amines) is 1. The van der Waals surface area contributed by atoms with Gasteiger partial charge < -0.3 is 4.90 Å². The Kier molecular flexibility index (Phi) is 3.68. The van der Waals surface area contributed by atoms with Gasteiger partial charge in [-0.25, -0.2) is 19.2 Å². The second-order valence-electron chi connectivity index (χ2n) is 6.18. The molecule has 1 saturated heterocycles. The molecule has 0 radical (unpaired) electrons. The Morgan fingerprint density at radius 3 is 2.84 bits per heavy atom. The number of aromatic nitrogens is 4. The average Bonchev–Trinajstić information content (AvgIpc) is 3.09. The van der Waals surface area contributed by atoms with Gasteiger partial charge in [0.15, 0.2) is 5.65 Å². The van der Waals surface area contributed by atoms with Crippen LogP contribution in [0.2, 0.25) is 0 Å². The zero-order chi connectivity index (χ0) is 17.7. The van der Waals surface area contributed by atoms with E-state index in [4.69, 9.17) is 0 Å². The Bertz CT molecular complexity index is 1030. The van der Waals surface area contributed by atoms with E-state index in [9.17, 15) is 14.0 Å². The van der Waals surface area contributed by atoms with E-state index in [1.54, 1.807) is 13.2 Å². The van der Waals surface area contributed by atoms with Gasteiger partial charge in [-0.15, -0.1) is 11.3 Å². The second-order valence-corrected chi connectivity index (χ2v) is 7.04. The standard InChI is InChI=1S/C16H16FN5O2S/c1-9-8-25-15(19-9)10-3-12-14(18-4-10)20(2)16(24)22(12)7-13(23)21-5-11(17)6-21/h3-4,8,11H,5-7H2,1-2H3. The third-order valence-electron chi connectivity index (χ3n) is 4.32. The summed E-state index contributed by atoms with van der Waals surface area (Å²) in [6, 6.07) is 1.82. The second kappa shape index (κ2) is 5.76. The molecule has 1 aliphatic rings. The van der Waals surface area contributed by atoms with Crippen molar-refractivity contribution in [1.82, 2.24) is 24.0 Å². The number of amides is 1. The molecule has 0 saturated carbocycles. The zero-order valence-electron chi connectivity index (χ0n) is 13.8. The lowest BCUT2D eigenvalue weighted by molar-refractivity contribution is -0.138. The molecular weight excluding hydrogens is 345 g/mol. The third-order valence-corrected chi connectivity index (χ3v) is 5.33. The smallest absolute Gasteiger partial charge is 0.330 e. The minimum Gasteiger partial charge on any atom is -0.335 e. The molecule has 9 heteroatoms. The van der Waals surface area contributed by atoms with E-state index < -0.39 is 6.17 Å². The first-order valence-electron chi connectivity index (χ1n) is 7.83. The maximum atomic E-state index is 13.0. The molecule has 3 aromatic heterocycles. The minimum absolute atomic E-state index is 0.0975. The van der Waals surface area contributed by atoms with E-state index in [1.165, 1.54) is 25.4 Å². The fourth-order valence-corrected chi connectivity index (χ4v) is 3.68. The predicted octanol–water partition coefficient (Wildman–Crippen LogP) is 1.35. The van der Waals surface area contributed by atoms with Crippen molar-refractivity contribution in [3.05, 3.63) is 33.8 Å². The lowest BCUT2D eigenvalue weighted by atomic mass is 10.2. The zero-order valence-corrected chi connectivity index (χ0v) is 14.6. The number of rotatable bonds is 3. The van der Waals surface area contributed by atoms with Gasteiger partial charge in [0.1, 0.15) is 17.7 Å². The summed E-state index contributed by atoms with van der Waals surface area (Å²) in [5, 5.41) is 2.75. The third kappa shape index (κ3) is 2.64. The summed E-state index contributed by atoms with van der Waals surface area (Å²) < 4.78 is 15.8. The number of thiazole rings is 1. The van der Waals surface area contributed by atoms with Crippen molar-refractivity contribution in [2.45, 2.75) is 19.6 Å². The normalized spacial score (nSPS) is 14.9. The molecule has 4 rings (SSSR count). The lowest BCUT2D eigenvalue weighted by Crippen LogP contribution is -2.52. The molecule has 0 aliphatic carbocycles. The van der Waals surface area contributed by atoms with Gasteiger partial charge in [-0.2, -0.15) is 0 Å². The summed E-state index contributed by atoms with van der Waals surface area (Å²) in [5.41, 5.74) is 2.47. The number of alkyl halides is 1. The van der Waals surface area contributed by atoms with Crippen LogP contribution in [0.3, 0.4) is 0 Å². The number of fused-ring (bicyclic) bond motifs is 1. The number of carbonyl (C=O) groups excluding carboxylic acids is 1. The summed E-state index contributed by atoms with van der Waals surface area (Å²) >= 11 is 1.50. The molecule has 25 heavy (non-hydrogen) atoms. The molecule has 130 valence electrons. The molecular formula is C16H16FN5O2S. The molecule has 0 unspecified atom stereocenters. The molecule has 0 bridgehead atoms. The molecule has 0 spiro atoms. The van der Waals surface area contributed by atoms with Gasteiger partial charge in [-0.1, -0.05) is 0 Å². The van der Waals surface area contributed by atoms with Gasteiger partial charge >= 0.3 is 5.69 Å². The van der Waals surface area contributed by atoms with E-state index in [-0.39, 0.29) is 31.2 Å². The summed E-state index contributed by atoms with van der Waals surface area (Å²) in [4.78, 5) is 35.0. The van der Waals surface area contributed by atoms with Crippen molar-refractivity contribution < 1.29 is 9.18 Å². The molecule has 0 N–H and O–H groups in total. The van der Waals surface area contributed by atoms with Gasteiger partial charge in [-0.3, -0.25) is 13.9 Å². The van der Waals surface area contributed by atoms with Crippen molar-refractivity contribution in [1.29, 1.82) is 0 Å². The van der Waals surface area contributed by atoms with Crippen LogP contribution in [-0.4, -0.2) is 49.2 Å². The Morgan fingerprint density at radius 1 is 1.44 bits per heavy atom. The number of halogens is 1. The quantitative estimate of drug-likeness (QED) is 0.706. The fourth-order valence-electron chi connectivity index (χ4n) is 2.90. The van der Waals surface area contributed by atoms with Gasteiger partial charge in [-0.05, 0) is 13.0 Å². The number of hydrogen-bond acceptors (Lipinski definition) is 5. The average molecular weight is 361 g/mol. The van der Waals surface area contributed by atoms with E-state index in [0.29, 0.717) is 11.2 Å². The van der Waals surface area contributed by atoms with Crippen LogP contribution in [0.15, 0.2) is 22.4 Å². The van der Waals surface area contributed by atoms with Crippen molar-refractivity contribution in [2.24, 2.45) is 7.05 Å². The number of aryl methyl sites for hydroxylation is 2. The molecule has 1 fully saturated rings. The number of hydrogen-bond donors (Lipinski definition) is 0. The largest absolute Gasteiger partial charge is 0.335 e. The molecule has 0 atom stereocenters. The highest BCUT2D eigenvalue weighted by molar-refractivity contribution is 7.13. The first kappa shape index (κ1) is 15.9. The Balaban J connectivity index is 1.75. The van der Waals surface area contributed by atoms with E-state index in [2.05, 4.69) is 9.97 Å². The van der Waals surface area contributed by atoms with Crippen LogP contribution in [0.1, 0.15) is 5.69 Å². The highest BCUT2D eigenvalue weighted by Gasteiger charge is 2.31. The van der Waals surface area contributed by atoms with Crippen LogP contribution in [0.5, 0.6) is 0 Å². The van der Waals surface area contributed by atoms with Crippen LogP contribution >= 0.6 is 11.3 Å². The van der Waals surface area contributed by atoms with Crippen LogP contribution in [0, 0.1) is 6.92 Å². The predicted molar refractivity (Wildman–Crippen MR) is 92.3 cm³/mol.